The minimum atomic E-state index is -0.361. The molecule has 126 valence electrons. The fourth-order valence-corrected chi connectivity index (χ4v) is 3.04. The Balaban J connectivity index is 1.76. The summed E-state index contributed by atoms with van der Waals surface area (Å²) < 4.78 is 5.30. The molecule has 9 heteroatoms. The lowest BCUT2D eigenvalue weighted by atomic mass is 10.1. The fourth-order valence-electron chi connectivity index (χ4n) is 2.41. The molecule has 1 aromatic carbocycles. The van der Waals surface area contributed by atoms with Gasteiger partial charge in [0, 0.05) is 30.1 Å². The molecule has 0 unspecified atom stereocenters. The molecule has 1 aliphatic heterocycles. The van der Waals surface area contributed by atoms with Gasteiger partial charge in [0.1, 0.15) is 5.69 Å². The molecule has 1 N–H and O–H groups in total. The molecule has 0 saturated carbocycles. The van der Waals surface area contributed by atoms with E-state index >= 15 is 0 Å². The number of ether oxygens (including phenoxy) is 1. The number of hydrogen-bond donors (Lipinski definition) is 1. The molecule has 1 fully saturated rings. The summed E-state index contributed by atoms with van der Waals surface area (Å²) in [5.74, 6) is 0. The number of nitrogens with zero attached hydrogens (tertiary/aromatic N) is 4. The van der Waals surface area contributed by atoms with Crippen LogP contribution in [0.3, 0.4) is 0 Å². The maximum absolute atomic E-state index is 11.4. The average Bonchev–Trinajstić information content (AvgIpc) is 3.01. The second kappa shape index (κ2) is 7.37. The first kappa shape index (κ1) is 16.3. The Bertz CT molecular complexity index is 755. The Hall–Kier alpha value is -2.52. The van der Waals surface area contributed by atoms with E-state index in [-0.39, 0.29) is 10.6 Å². The van der Waals surface area contributed by atoms with Crippen LogP contribution in [0, 0.1) is 17.0 Å². The van der Waals surface area contributed by atoms with E-state index in [1.54, 1.807) is 12.3 Å². The zero-order chi connectivity index (χ0) is 16.9. The third kappa shape index (κ3) is 3.87. The van der Waals surface area contributed by atoms with E-state index in [4.69, 9.17) is 4.74 Å². The molecule has 0 amide bonds. The summed E-state index contributed by atoms with van der Waals surface area (Å²) in [7, 11) is 0. The summed E-state index contributed by atoms with van der Waals surface area (Å²) in [6, 6.07) is 5.11. The Labute approximate surface area is 142 Å². The van der Waals surface area contributed by atoms with Gasteiger partial charge in [-0.3, -0.25) is 15.5 Å². The van der Waals surface area contributed by atoms with E-state index in [9.17, 15) is 10.1 Å². The van der Waals surface area contributed by atoms with Crippen molar-refractivity contribution >= 4 is 34.1 Å². The summed E-state index contributed by atoms with van der Waals surface area (Å²) in [6.45, 7) is 4.37. The summed E-state index contributed by atoms with van der Waals surface area (Å²) in [5, 5.41) is 18.1. The highest BCUT2D eigenvalue weighted by atomic mass is 32.1. The van der Waals surface area contributed by atoms with Crippen molar-refractivity contribution in [3.05, 3.63) is 45.0 Å². The quantitative estimate of drug-likeness (QED) is 0.508. The average molecular weight is 347 g/mol. The maximum Gasteiger partial charge on any atom is 0.293 e. The van der Waals surface area contributed by atoms with Crippen molar-refractivity contribution < 1.29 is 9.66 Å². The molecular formula is C15H17N5O3S. The van der Waals surface area contributed by atoms with Crippen LogP contribution in [0.5, 0.6) is 0 Å². The number of nitrogens with one attached hydrogen (secondary N) is 1. The third-order valence-electron chi connectivity index (χ3n) is 3.54. The standard InChI is InChI=1S/C15H17N5O3S/c1-11-10-24-15(17-11)18-16-9-12-2-3-13(14(8-12)20(21)22)19-4-6-23-7-5-19/h2-3,8-10H,4-7H2,1H3,(H,17,18). The van der Waals surface area contributed by atoms with Gasteiger partial charge in [-0.15, -0.1) is 11.3 Å². The number of nitro benzene ring substituents is 1. The van der Waals surface area contributed by atoms with E-state index < -0.39 is 0 Å². The molecule has 2 aromatic rings. The number of hydrogen-bond acceptors (Lipinski definition) is 8. The molecule has 0 bridgehead atoms. The van der Waals surface area contributed by atoms with Gasteiger partial charge in [-0.05, 0) is 13.0 Å². The van der Waals surface area contributed by atoms with Crippen molar-refractivity contribution in [3.8, 4) is 0 Å². The smallest absolute Gasteiger partial charge is 0.293 e. The van der Waals surface area contributed by atoms with Gasteiger partial charge in [-0.25, -0.2) is 4.98 Å². The van der Waals surface area contributed by atoms with Crippen LogP contribution in [0.25, 0.3) is 0 Å². The summed E-state index contributed by atoms with van der Waals surface area (Å²) in [6.07, 6.45) is 1.55. The lowest BCUT2D eigenvalue weighted by molar-refractivity contribution is -0.384. The van der Waals surface area contributed by atoms with Crippen molar-refractivity contribution in [2.24, 2.45) is 5.10 Å². The first-order valence-electron chi connectivity index (χ1n) is 7.46. The number of hydrazone groups is 1. The van der Waals surface area contributed by atoms with Crippen LogP contribution in [-0.4, -0.2) is 42.4 Å². The number of aromatic nitrogens is 1. The number of aryl methyl sites for hydroxylation is 1. The number of benzene rings is 1. The first-order chi connectivity index (χ1) is 11.6. The predicted molar refractivity (Wildman–Crippen MR) is 94.2 cm³/mol. The summed E-state index contributed by atoms with van der Waals surface area (Å²) in [5.41, 5.74) is 5.08. The van der Waals surface area contributed by atoms with Gasteiger partial charge in [0.15, 0.2) is 0 Å². The number of morpholine rings is 1. The number of nitro groups is 1. The fraction of sp³-hybridized carbons (Fsp3) is 0.333. The number of rotatable bonds is 5. The topological polar surface area (TPSA) is 92.9 Å². The Morgan fingerprint density at radius 1 is 1.46 bits per heavy atom. The zero-order valence-electron chi connectivity index (χ0n) is 13.1. The molecule has 1 saturated heterocycles. The van der Waals surface area contributed by atoms with E-state index in [1.165, 1.54) is 17.4 Å². The molecule has 0 aliphatic carbocycles. The van der Waals surface area contributed by atoms with Crippen molar-refractivity contribution in [2.45, 2.75) is 6.92 Å². The van der Waals surface area contributed by atoms with Gasteiger partial charge in [0.05, 0.1) is 30.0 Å². The van der Waals surface area contributed by atoms with Crippen LogP contribution >= 0.6 is 11.3 Å². The normalized spacial score (nSPS) is 15.0. The van der Waals surface area contributed by atoms with E-state index in [2.05, 4.69) is 15.5 Å². The lowest BCUT2D eigenvalue weighted by Gasteiger charge is -2.28. The number of thiazole rings is 1. The van der Waals surface area contributed by atoms with Crippen molar-refractivity contribution in [3.63, 3.8) is 0 Å². The van der Waals surface area contributed by atoms with Gasteiger partial charge in [-0.2, -0.15) is 5.10 Å². The van der Waals surface area contributed by atoms with Crippen molar-refractivity contribution in [2.75, 3.05) is 36.6 Å². The Morgan fingerprint density at radius 3 is 2.92 bits per heavy atom. The van der Waals surface area contributed by atoms with E-state index in [1.807, 2.05) is 23.3 Å². The SMILES string of the molecule is Cc1csc(NN=Cc2ccc(N3CCOCC3)c([N+](=O)[O-])c2)n1. The minimum Gasteiger partial charge on any atom is -0.378 e. The highest BCUT2D eigenvalue weighted by Crippen LogP contribution is 2.29. The highest BCUT2D eigenvalue weighted by molar-refractivity contribution is 7.13. The summed E-state index contributed by atoms with van der Waals surface area (Å²) >= 11 is 1.45. The van der Waals surface area contributed by atoms with Gasteiger partial charge in [0.2, 0.25) is 5.13 Å². The van der Waals surface area contributed by atoms with Crippen LogP contribution in [0.2, 0.25) is 0 Å². The van der Waals surface area contributed by atoms with Crippen LogP contribution in [0.4, 0.5) is 16.5 Å². The van der Waals surface area contributed by atoms with Gasteiger partial charge < -0.3 is 9.64 Å². The van der Waals surface area contributed by atoms with Crippen LogP contribution < -0.4 is 10.3 Å². The molecule has 2 heterocycles. The van der Waals surface area contributed by atoms with Crippen LogP contribution in [0.1, 0.15) is 11.3 Å². The molecule has 24 heavy (non-hydrogen) atoms. The monoisotopic (exact) mass is 347 g/mol. The lowest BCUT2D eigenvalue weighted by Crippen LogP contribution is -2.36. The van der Waals surface area contributed by atoms with Gasteiger partial charge in [-0.1, -0.05) is 6.07 Å². The Morgan fingerprint density at radius 2 is 2.25 bits per heavy atom. The molecule has 1 aliphatic rings. The highest BCUT2D eigenvalue weighted by Gasteiger charge is 2.21. The second-order valence-electron chi connectivity index (χ2n) is 5.27. The molecule has 1 aromatic heterocycles. The molecular weight excluding hydrogens is 330 g/mol. The maximum atomic E-state index is 11.4. The molecule has 0 spiro atoms. The Kier molecular flexibility index (Phi) is 5.02. The minimum absolute atomic E-state index is 0.0749. The molecule has 8 nitrogen and oxygen atoms in total. The van der Waals surface area contributed by atoms with Crippen molar-refractivity contribution in [1.82, 2.24) is 4.98 Å². The van der Waals surface area contributed by atoms with E-state index in [0.29, 0.717) is 42.7 Å². The zero-order valence-corrected chi connectivity index (χ0v) is 14.0. The van der Waals surface area contributed by atoms with Gasteiger partial charge >= 0.3 is 0 Å². The second-order valence-corrected chi connectivity index (χ2v) is 6.13. The summed E-state index contributed by atoms with van der Waals surface area (Å²) in [4.78, 5) is 17.2. The molecule has 0 radical (unpaired) electrons. The van der Waals surface area contributed by atoms with Crippen LogP contribution in [0.15, 0.2) is 28.7 Å². The van der Waals surface area contributed by atoms with Gasteiger partial charge in [0.25, 0.3) is 5.69 Å². The first-order valence-corrected chi connectivity index (χ1v) is 8.34. The largest absolute Gasteiger partial charge is 0.378 e. The molecule has 0 atom stereocenters. The number of anilines is 2. The predicted octanol–water partition coefficient (Wildman–Crippen LogP) is 2.64. The third-order valence-corrected chi connectivity index (χ3v) is 4.41. The van der Waals surface area contributed by atoms with Crippen molar-refractivity contribution in [1.29, 1.82) is 0 Å². The van der Waals surface area contributed by atoms with Crippen LogP contribution in [-0.2, 0) is 4.74 Å². The molecule has 3 rings (SSSR count). The van der Waals surface area contributed by atoms with E-state index in [0.717, 1.165) is 5.69 Å².